The van der Waals surface area contributed by atoms with Crippen molar-refractivity contribution in [1.82, 2.24) is 0 Å². The van der Waals surface area contributed by atoms with Crippen molar-refractivity contribution >= 4 is 55.2 Å². The minimum Gasteiger partial charge on any atom is -0.297 e. The highest BCUT2D eigenvalue weighted by atomic mass is 35.5. The van der Waals surface area contributed by atoms with E-state index in [1.807, 2.05) is 0 Å². The van der Waals surface area contributed by atoms with Gasteiger partial charge < -0.3 is 0 Å². The molecule has 3 rings (SSSR count). The summed E-state index contributed by atoms with van der Waals surface area (Å²) < 4.78 is 108. The van der Waals surface area contributed by atoms with Crippen LogP contribution in [0.2, 0.25) is 5.02 Å². The maximum Gasteiger partial charge on any atom is 0.418 e. The zero-order valence-corrected chi connectivity index (χ0v) is 20.8. The second kappa shape index (κ2) is 9.94. The van der Waals surface area contributed by atoms with Gasteiger partial charge in [0.15, 0.2) is 9.84 Å². The Morgan fingerprint density at radius 3 is 1.78 bits per heavy atom. The molecule has 14 heteroatoms. The quantitative estimate of drug-likeness (QED) is 0.316. The molecule has 1 aromatic heterocycles. The summed E-state index contributed by atoms with van der Waals surface area (Å²) >= 11 is 6.80. The lowest BCUT2D eigenvalue weighted by Gasteiger charge is -2.28. The number of benzene rings is 2. The third kappa shape index (κ3) is 5.47. The van der Waals surface area contributed by atoms with Crippen molar-refractivity contribution in [1.29, 1.82) is 0 Å². The fraction of sp³-hybridized carbons (Fsp3) is 0.227. The Labute approximate surface area is 211 Å². The van der Waals surface area contributed by atoms with Crippen molar-refractivity contribution in [2.24, 2.45) is 0 Å². The molecule has 5 nitrogen and oxygen atoms in total. The van der Waals surface area contributed by atoms with Crippen LogP contribution in [0.5, 0.6) is 0 Å². The van der Waals surface area contributed by atoms with Crippen LogP contribution < -0.4 is 10.2 Å². The lowest BCUT2D eigenvalue weighted by Crippen LogP contribution is -2.33. The zero-order chi connectivity index (χ0) is 27.1. The highest BCUT2D eigenvalue weighted by Crippen LogP contribution is 2.44. The Morgan fingerprint density at radius 2 is 1.36 bits per heavy atom. The topological polar surface area (TPSA) is 66.5 Å². The largest absolute Gasteiger partial charge is 0.418 e. The predicted octanol–water partition coefficient (Wildman–Crippen LogP) is 7.99. The maximum atomic E-state index is 13.8. The van der Waals surface area contributed by atoms with Gasteiger partial charge in [-0.15, -0.1) is 11.3 Å². The number of nitrogens with zero attached hydrogens (tertiary/aromatic N) is 1. The van der Waals surface area contributed by atoms with Gasteiger partial charge in [0.1, 0.15) is 5.00 Å². The van der Waals surface area contributed by atoms with Crippen molar-refractivity contribution in [3.63, 3.8) is 0 Å². The number of anilines is 3. The first-order chi connectivity index (χ1) is 16.6. The number of thiophene rings is 1. The lowest BCUT2D eigenvalue weighted by atomic mass is 10.1. The molecule has 1 N–H and O–H groups in total. The van der Waals surface area contributed by atoms with Gasteiger partial charge >= 0.3 is 18.4 Å². The summed E-state index contributed by atoms with van der Waals surface area (Å²) in [6, 6.07) is 5.84. The van der Waals surface area contributed by atoms with Crippen molar-refractivity contribution in [2.75, 3.05) is 10.2 Å². The standard InChI is InChI=1S/C22H17ClF6N2O3S2/c1-12(2)36(33,34)17-11-35-19(18(17)23)30-20(32)31(15-9-5-3-7-13(15)21(24,25)26)16-10-6-4-8-14(16)22(27,28)29/h3-12H,1-2H3,(H,30,32). The highest BCUT2D eigenvalue weighted by Gasteiger charge is 2.40. The van der Waals surface area contributed by atoms with Crippen molar-refractivity contribution in [2.45, 2.75) is 36.3 Å². The summed E-state index contributed by atoms with van der Waals surface area (Å²) in [5.74, 6) is 0. The Kier molecular flexibility index (Phi) is 7.68. The van der Waals surface area contributed by atoms with Gasteiger partial charge in [-0.3, -0.25) is 10.2 Å². The van der Waals surface area contributed by atoms with Crippen molar-refractivity contribution in [3.05, 3.63) is 70.1 Å². The van der Waals surface area contributed by atoms with E-state index in [2.05, 4.69) is 5.32 Å². The Hall–Kier alpha value is -2.77. The number of nitrogens with one attached hydrogen (secondary N) is 1. The minimum absolute atomic E-state index is 0.234. The molecule has 0 saturated carbocycles. The van der Waals surface area contributed by atoms with Crippen LogP contribution in [0.4, 0.5) is 47.5 Å². The van der Waals surface area contributed by atoms with Crippen molar-refractivity contribution < 1.29 is 39.6 Å². The fourth-order valence-electron chi connectivity index (χ4n) is 3.18. The third-order valence-corrected chi connectivity index (χ3v) is 8.79. The van der Waals surface area contributed by atoms with Gasteiger partial charge in [-0.25, -0.2) is 13.2 Å². The second-order valence-electron chi connectivity index (χ2n) is 7.63. The summed E-state index contributed by atoms with van der Waals surface area (Å²) in [4.78, 5) is 13.2. The zero-order valence-electron chi connectivity index (χ0n) is 18.4. The molecule has 2 aromatic carbocycles. The van der Waals surface area contributed by atoms with Crippen LogP contribution in [-0.4, -0.2) is 19.7 Å². The molecule has 0 aliphatic rings. The van der Waals surface area contributed by atoms with Crippen LogP contribution in [0.15, 0.2) is 58.8 Å². The molecule has 0 spiro atoms. The molecule has 2 amide bonds. The normalized spacial score (nSPS) is 12.6. The number of para-hydroxylation sites is 2. The maximum absolute atomic E-state index is 13.8. The second-order valence-corrected chi connectivity index (χ2v) is 11.4. The monoisotopic (exact) mass is 570 g/mol. The van der Waals surface area contributed by atoms with Crippen LogP contribution in [-0.2, 0) is 22.2 Å². The van der Waals surface area contributed by atoms with E-state index >= 15 is 0 Å². The molecule has 0 fully saturated rings. The van der Waals surface area contributed by atoms with Gasteiger partial charge in [0.05, 0.1) is 37.7 Å². The van der Waals surface area contributed by atoms with Crippen LogP contribution in [0.1, 0.15) is 25.0 Å². The average molecular weight is 571 g/mol. The molecular weight excluding hydrogens is 554 g/mol. The molecule has 36 heavy (non-hydrogen) atoms. The molecule has 0 radical (unpaired) electrons. The van der Waals surface area contributed by atoms with E-state index in [1.165, 1.54) is 13.8 Å². The first kappa shape index (κ1) is 27.8. The average Bonchev–Trinajstić information content (AvgIpc) is 3.14. The van der Waals surface area contributed by atoms with Gasteiger partial charge in [0, 0.05) is 5.38 Å². The number of urea groups is 1. The number of amides is 2. The number of sulfone groups is 1. The highest BCUT2D eigenvalue weighted by molar-refractivity contribution is 7.92. The van der Waals surface area contributed by atoms with E-state index in [0.717, 1.165) is 41.8 Å². The molecule has 0 saturated heterocycles. The van der Waals surface area contributed by atoms with E-state index in [4.69, 9.17) is 11.6 Å². The van der Waals surface area contributed by atoms with Crippen LogP contribution in [0, 0.1) is 0 Å². The number of rotatable bonds is 5. The Bertz CT molecular complexity index is 1330. The Morgan fingerprint density at radius 1 is 0.917 bits per heavy atom. The molecule has 3 aromatic rings. The number of carbonyl (C=O) groups is 1. The first-order valence-electron chi connectivity index (χ1n) is 10.0. The van der Waals surface area contributed by atoms with Crippen molar-refractivity contribution in [3.8, 4) is 0 Å². The fourth-order valence-corrected chi connectivity index (χ4v) is 6.11. The summed E-state index contributed by atoms with van der Waals surface area (Å²) in [6.07, 6.45) is -10.0. The Balaban J connectivity index is 2.20. The van der Waals surface area contributed by atoms with Gasteiger partial charge in [-0.1, -0.05) is 35.9 Å². The van der Waals surface area contributed by atoms with Gasteiger partial charge in [-0.05, 0) is 38.1 Å². The predicted molar refractivity (Wildman–Crippen MR) is 126 cm³/mol. The van der Waals surface area contributed by atoms with E-state index in [0.29, 0.717) is 23.5 Å². The lowest BCUT2D eigenvalue weighted by molar-refractivity contribution is -0.137. The SMILES string of the molecule is CC(C)S(=O)(=O)c1csc(NC(=O)N(c2ccccc2C(F)(F)F)c2ccccc2C(F)(F)F)c1Cl. The summed E-state index contributed by atoms with van der Waals surface area (Å²) in [5, 5.41) is 1.76. The molecule has 0 aliphatic heterocycles. The number of halogens is 7. The molecule has 0 atom stereocenters. The van der Waals surface area contributed by atoms with Crippen LogP contribution >= 0.6 is 22.9 Å². The van der Waals surface area contributed by atoms with Gasteiger partial charge in [0.2, 0.25) is 0 Å². The molecule has 0 bridgehead atoms. The van der Waals surface area contributed by atoms with Crippen LogP contribution in [0.25, 0.3) is 0 Å². The summed E-state index contributed by atoms with van der Waals surface area (Å²) in [6.45, 7) is 2.79. The molecule has 194 valence electrons. The van der Waals surface area contributed by atoms with Gasteiger partial charge in [-0.2, -0.15) is 26.3 Å². The smallest absolute Gasteiger partial charge is 0.297 e. The summed E-state index contributed by atoms with van der Waals surface area (Å²) in [5.41, 5.74) is -4.47. The van der Waals surface area contributed by atoms with E-state index in [-0.39, 0.29) is 14.8 Å². The van der Waals surface area contributed by atoms with Crippen LogP contribution in [0.3, 0.4) is 0 Å². The van der Waals surface area contributed by atoms with E-state index in [1.54, 1.807) is 0 Å². The number of alkyl halides is 6. The molecular formula is C22H17ClF6N2O3S2. The van der Waals surface area contributed by atoms with E-state index in [9.17, 15) is 39.6 Å². The molecule has 0 aliphatic carbocycles. The molecule has 0 unspecified atom stereocenters. The summed E-state index contributed by atoms with van der Waals surface area (Å²) in [7, 11) is -3.88. The third-order valence-electron chi connectivity index (χ3n) is 4.95. The number of carbonyl (C=O) groups excluding carboxylic acids is 1. The van der Waals surface area contributed by atoms with E-state index < -0.39 is 61.0 Å². The first-order valence-corrected chi connectivity index (χ1v) is 12.8. The number of hydrogen-bond donors (Lipinski definition) is 1. The minimum atomic E-state index is -5.01. The van der Waals surface area contributed by atoms with Gasteiger partial charge in [0.25, 0.3) is 0 Å². The molecule has 1 heterocycles. The number of hydrogen-bond acceptors (Lipinski definition) is 4.